The van der Waals surface area contributed by atoms with Gasteiger partial charge in [-0.3, -0.25) is 4.79 Å². The smallest absolute Gasteiger partial charge is 0.342 e. The average Bonchev–Trinajstić information content (AvgIpc) is 3.27. The van der Waals surface area contributed by atoms with Gasteiger partial charge in [0, 0.05) is 40.4 Å². The number of hydrogen-bond acceptors (Lipinski definition) is 4. The maximum atomic E-state index is 13.2. The van der Waals surface area contributed by atoms with Crippen molar-refractivity contribution in [3.8, 4) is 17.0 Å². The van der Waals surface area contributed by atoms with Gasteiger partial charge in [0.1, 0.15) is 11.6 Å². The number of carbonyl (C=O) groups excluding carboxylic acids is 2. The van der Waals surface area contributed by atoms with Gasteiger partial charge in [0.15, 0.2) is 0 Å². The molecule has 4 aromatic rings. The van der Waals surface area contributed by atoms with Crippen molar-refractivity contribution in [3.05, 3.63) is 100 Å². The summed E-state index contributed by atoms with van der Waals surface area (Å²) in [6.07, 6.45) is 2.99. The highest BCUT2D eigenvalue weighted by Gasteiger charge is 2.27. The molecule has 2 amide bonds. The predicted octanol–water partition coefficient (Wildman–Crippen LogP) is 6.33. The molecule has 0 unspecified atom stereocenters. The minimum Gasteiger partial charge on any atom is -0.507 e. The van der Waals surface area contributed by atoms with Crippen molar-refractivity contribution < 1.29 is 19.1 Å². The molecule has 1 heterocycles. The summed E-state index contributed by atoms with van der Waals surface area (Å²) in [5.41, 5.74) is 3.28. The Bertz CT molecular complexity index is 1450. The Hall–Kier alpha value is -4.17. The highest BCUT2D eigenvalue weighted by Crippen LogP contribution is 2.39. The Kier molecular flexibility index (Phi) is 6.92. The van der Waals surface area contributed by atoms with Gasteiger partial charge in [-0.1, -0.05) is 30.2 Å². The van der Waals surface area contributed by atoms with Crippen molar-refractivity contribution in [2.45, 2.75) is 31.7 Å². The van der Waals surface area contributed by atoms with Crippen LogP contribution < -0.4 is 10.6 Å². The quantitative estimate of drug-likeness (QED) is 0.278. The lowest BCUT2D eigenvalue weighted by atomic mass is 9.82. The van der Waals surface area contributed by atoms with E-state index in [1.165, 1.54) is 22.9 Å². The fraction of sp³-hybridized carbons (Fsp3) is 0.179. The SMILES string of the molecule is O=C(Nc1ccc(-c2cc(C3CCC3)n(C(=O)NCc3ccc(F)cc3)n2)c(O)c1)c1ccc(Cl)cc1. The second-order valence-electron chi connectivity index (χ2n) is 8.97. The van der Waals surface area contributed by atoms with Crippen molar-refractivity contribution in [1.82, 2.24) is 15.1 Å². The zero-order valence-corrected chi connectivity index (χ0v) is 20.5. The van der Waals surface area contributed by atoms with Crippen molar-refractivity contribution >= 4 is 29.2 Å². The van der Waals surface area contributed by atoms with E-state index in [0.717, 1.165) is 30.5 Å². The minimum atomic E-state index is -0.399. The number of nitrogens with one attached hydrogen (secondary N) is 2. The first-order valence-electron chi connectivity index (χ1n) is 11.9. The van der Waals surface area contributed by atoms with Crippen molar-refractivity contribution in [2.75, 3.05) is 5.32 Å². The number of anilines is 1. The lowest BCUT2D eigenvalue weighted by molar-refractivity contribution is 0.102. The topological polar surface area (TPSA) is 96.3 Å². The van der Waals surface area contributed by atoms with Crippen LogP contribution in [0.2, 0.25) is 5.02 Å². The summed E-state index contributed by atoms with van der Waals surface area (Å²) in [4.78, 5) is 25.5. The van der Waals surface area contributed by atoms with E-state index in [9.17, 15) is 19.1 Å². The van der Waals surface area contributed by atoms with Gasteiger partial charge in [-0.2, -0.15) is 9.78 Å². The van der Waals surface area contributed by atoms with Gasteiger partial charge in [0.25, 0.3) is 5.91 Å². The Labute approximate surface area is 217 Å². The molecule has 188 valence electrons. The van der Waals surface area contributed by atoms with E-state index in [4.69, 9.17) is 11.6 Å². The van der Waals surface area contributed by atoms with Crippen LogP contribution in [0.4, 0.5) is 14.9 Å². The molecule has 1 aromatic heterocycles. The summed E-state index contributed by atoms with van der Waals surface area (Å²) in [5, 5.41) is 21.3. The summed E-state index contributed by atoms with van der Waals surface area (Å²) in [6.45, 7) is 0.228. The predicted molar refractivity (Wildman–Crippen MR) is 139 cm³/mol. The average molecular weight is 519 g/mol. The first kappa shape index (κ1) is 24.5. The Morgan fingerprint density at radius 1 is 1.03 bits per heavy atom. The molecule has 0 atom stereocenters. The lowest BCUT2D eigenvalue weighted by Crippen LogP contribution is -2.31. The number of amides is 2. The van der Waals surface area contributed by atoms with Crippen LogP contribution in [0.3, 0.4) is 0 Å². The highest BCUT2D eigenvalue weighted by atomic mass is 35.5. The minimum absolute atomic E-state index is 0.0783. The fourth-order valence-corrected chi connectivity index (χ4v) is 4.30. The van der Waals surface area contributed by atoms with Crippen LogP contribution in [0.15, 0.2) is 72.8 Å². The second kappa shape index (κ2) is 10.4. The summed E-state index contributed by atoms with van der Waals surface area (Å²) in [5.74, 6) is -0.545. The third-order valence-corrected chi connectivity index (χ3v) is 6.70. The zero-order valence-electron chi connectivity index (χ0n) is 19.7. The van der Waals surface area contributed by atoms with Crippen LogP contribution in [0, 0.1) is 5.82 Å². The number of aromatic hydroxyl groups is 1. The summed E-state index contributed by atoms with van der Waals surface area (Å²) < 4.78 is 14.5. The van der Waals surface area contributed by atoms with Gasteiger partial charge in [-0.05, 0) is 73.0 Å². The van der Waals surface area contributed by atoms with E-state index >= 15 is 0 Å². The van der Waals surface area contributed by atoms with E-state index in [0.29, 0.717) is 27.5 Å². The lowest BCUT2D eigenvalue weighted by Gasteiger charge is -2.25. The Morgan fingerprint density at radius 3 is 2.41 bits per heavy atom. The van der Waals surface area contributed by atoms with Crippen molar-refractivity contribution in [1.29, 1.82) is 0 Å². The monoisotopic (exact) mass is 518 g/mol. The molecule has 1 aliphatic carbocycles. The number of halogens is 2. The molecule has 0 aliphatic heterocycles. The number of phenols is 1. The first-order valence-corrected chi connectivity index (χ1v) is 12.3. The number of carbonyl (C=O) groups is 2. The standard InChI is InChI=1S/C28H24ClFN4O3/c29-20-8-6-19(7-9-20)27(36)32-22-12-13-23(26(35)14-22)24-15-25(18-2-1-3-18)34(33-24)28(37)31-16-17-4-10-21(30)11-5-17/h4-15,18,35H,1-3,16H2,(H,31,37)(H,32,36). The molecule has 1 fully saturated rings. The Balaban J connectivity index is 1.35. The number of hydrogen-bond donors (Lipinski definition) is 3. The van der Waals surface area contributed by atoms with Gasteiger partial charge >= 0.3 is 6.03 Å². The number of phenolic OH excluding ortho intramolecular Hbond substituents is 1. The number of benzene rings is 3. The van der Waals surface area contributed by atoms with Gasteiger partial charge < -0.3 is 15.7 Å². The summed E-state index contributed by atoms with van der Waals surface area (Å²) in [7, 11) is 0. The van der Waals surface area contributed by atoms with Crippen molar-refractivity contribution in [2.24, 2.45) is 0 Å². The molecule has 0 spiro atoms. The van der Waals surface area contributed by atoms with Gasteiger partial charge in [-0.15, -0.1) is 0 Å². The molecule has 0 bridgehead atoms. The highest BCUT2D eigenvalue weighted by molar-refractivity contribution is 6.30. The molecule has 5 rings (SSSR count). The van der Waals surface area contributed by atoms with Crippen LogP contribution in [0.5, 0.6) is 5.75 Å². The van der Waals surface area contributed by atoms with Crippen LogP contribution in [-0.4, -0.2) is 26.8 Å². The molecule has 0 saturated heterocycles. The van der Waals surface area contributed by atoms with Crippen LogP contribution in [-0.2, 0) is 6.54 Å². The van der Waals surface area contributed by atoms with E-state index in [2.05, 4.69) is 15.7 Å². The summed E-state index contributed by atoms with van der Waals surface area (Å²) >= 11 is 5.88. The van der Waals surface area contributed by atoms with Crippen LogP contribution in [0.1, 0.15) is 46.8 Å². The van der Waals surface area contributed by atoms with E-state index < -0.39 is 6.03 Å². The maximum absolute atomic E-state index is 13.2. The molecule has 0 radical (unpaired) electrons. The summed E-state index contributed by atoms with van der Waals surface area (Å²) in [6, 6.07) is 18.6. The molecule has 7 nitrogen and oxygen atoms in total. The normalized spacial score (nSPS) is 13.1. The molecule has 1 aliphatic rings. The maximum Gasteiger partial charge on any atom is 0.342 e. The second-order valence-corrected chi connectivity index (χ2v) is 9.41. The van der Waals surface area contributed by atoms with Gasteiger partial charge in [-0.25, -0.2) is 9.18 Å². The van der Waals surface area contributed by atoms with Crippen LogP contribution >= 0.6 is 11.6 Å². The fourth-order valence-electron chi connectivity index (χ4n) is 4.17. The van der Waals surface area contributed by atoms with Crippen LogP contribution in [0.25, 0.3) is 11.3 Å². The zero-order chi connectivity index (χ0) is 25.9. The largest absolute Gasteiger partial charge is 0.507 e. The number of nitrogens with zero attached hydrogens (tertiary/aromatic N) is 2. The molecular weight excluding hydrogens is 495 g/mol. The number of rotatable bonds is 6. The molecule has 3 N–H and O–H groups in total. The van der Waals surface area contributed by atoms with E-state index in [1.807, 2.05) is 6.07 Å². The van der Waals surface area contributed by atoms with E-state index in [1.54, 1.807) is 48.5 Å². The third kappa shape index (κ3) is 5.49. The number of aromatic nitrogens is 2. The first-order chi connectivity index (χ1) is 17.9. The molecule has 9 heteroatoms. The molecule has 1 saturated carbocycles. The molecule has 37 heavy (non-hydrogen) atoms. The van der Waals surface area contributed by atoms with Gasteiger partial charge in [0.2, 0.25) is 0 Å². The molecular formula is C28H24ClFN4O3. The van der Waals surface area contributed by atoms with Gasteiger partial charge in [0.05, 0.1) is 11.4 Å². The van der Waals surface area contributed by atoms with Crippen molar-refractivity contribution in [3.63, 3.8) is 0 Å². The van der Waals surface area contributed by atoms with E-state index in [-0.39, 0.29) is 29.9 Å². The third-order valence-electron chi connectivity index (χ3n) is 6.45. The Morgan fingerprint density at radius 2 is 1.76 bits per heavy atom. The molecule has 3 aromatic carbocycles.